The maximum absolute atomic E-state index is 15.5. The summed E-state index contributed by atoms with van der Waals surface area (Å²) in [4.78, 5) is 30.7. The third-order valence-corrected chi connectivity index (χ3v) is 9.35. The van der Waals surface area contributed by atoms with E-state index in [2.05, 4.69) is 4.98 Å². The largest absolute Gasteiger partial charge is 0.472 e. The number of hydrogen-bond donors (Lipinski definition) is 1. The van der Waals surface area contributed by atoms with Gasteiger partial charge in [0, 0.05) is 18.6 Å². The molecule has 0 bridgehead atoms. The maximum Gasteiger partial charge on any atom is 0.334 e. The van der Waals surface area contributed by atoms with E-state index in [9.17, 15) is 36.3 Å². The average Bonchev–Trinajstić information content (AvgIpc) is 3.14. The van der Waals surface area contributed by atoms with Crippen LogP contribution in [0.5, 0.6) is 5.88 Å². The first kappa shape index (κ1) is 30.7. The monoisotopic (exact) mass is 601 g/mol. The molecule has 1 aliphatic heterocycles. The Morgan fingerprint density at radius 3 is 2.37 bits per heavy atom. The number of ether oxygens (including phenoxy) is 1. The van der Waals surface area contributed by atoms with Gasteiger partial charge in [-0.15, -0.1) is 0 Å². The molecule has 1 N–H and O–H groups in total. The number of nitrogens with zero attached hydrogens (tertiary/aromatic N) is 3. The van der Waals surface area contributed by atoms with Crippen LogP contribution >= 0.6 is 0 Å². The van der Waals surface area contributed by atoms with Crippen LogP contribution in [0.25, 0.3) is 16.7 Å². The van der Waals surface area contributed by atoms with Crippen LogP contribution in [-0.4, -0.2) is 63.6 Å². The predicted octanol–water partition coefficient (Wildman–Crippen LogP) is 4.23. The van der Waals surface area contributed by atoms with Gasteiger partial charge in [-0.2, -0.15) is 0 Å². The Balaban J connectivity index is 1.87. The molecule has 0 spiro atoms. The number of halogens is 4. The second-order valence-electron chi connectivity index (χ2n) is 11.4. The number of fused-ring (bicyclic) bond motifs is 1. The summed E-state index contributed by atoms with van der Waals surface area (Å²) >= 11 is 0. The van der Waals surface area contributed by atoms with Gasteiger partial charge in [-0.25, -0.2) is 35.8 Å². The zero-order valence-corrected chi connectivity index (χ0v) is 23.8. The van der Waals surface area contributed by atoms with Gasteiger partial charge in [0.2, 0.25) is 5.88 Å². The Morgan fingerprint density at radius 1 is 1.15 bits per heavy atom. The molecule has 0 radical (unpaired) electrons. The standard InChI is InChI=1S/C27H31F4N3O6S/c1-15(26(2,3)37)33-20-9-16(22(35)12-27(4)5-7-41(38,39)8-6-27)17(28)10-21(20)34(25(33)36)19-11-24(32-13-18(19)29)40-14-23(30)31/h9-11,13,15,23,37H,5-8,12,14H2,1-4H3. The highest BCUT2D eigenvalue weighted by molar-refractivity contribution is 7.91. The van der Waals surface area contributed by atoms with Crippen molar-refractivity contribution in [3.05, 3.63) is 52.1 Å². The molecule has 3 aromatic rings. The molecule has 9 nitrogen and oxygen atoms in total. The van der Waals surface area contributed by atoms with Crippen molar-refractivity contribution < 1.29 is 40.6 Å². The number of carbonyl (C=O) groups excluding carboxylic acids is 1. The van der Waals surface area contributed by atoms with Crippen LogP contribution in [0.1, 0.15) is 63.4 Å². The van der Waals surface area contributed by atoms with Gasteiger partial charge in [0.1, 0.15) is 15.7 Å². The van der Waals surface area contributed by atoms with Crippen molar-refractivity contribution >= 4 is 26.7 Å². The first-order valence-electron chi connectivity index (χ1n) is 12.9. The predicted molar refractivity (Wildman–Crippen MR) is 143 cm³/mol. The van der Waals surface area contributed by atoms with Crippen molar-refractivity contribution in [1.29, 1.82) is 0 Å². The Bertz CT molecular complexity index is 1650. The summed E-state index contributed by atoms with van der Waals surface area (Å²) in [6.45, 7) is 5.11. The van der Waals surface area contributed by atoms with Crippen molar-refractivity contribution in [3.63, 3.8) is 0 Å². The molecule has 14 heteroatoms. The summed E-state index contributed by atoms with van der Waals surface area (Å²) in [5.41, 5.74) is -4.02. The van der Waals surface area contributed by atoms with Gasteiger partial charge < -0.3 is 9.84 Å². The van der Waals surface area contributed by atoms with Crippen molar-refractivity contribution in [1.82, 2.24) is 14.1 Å². The number of imidazole rings is 1. The molecule has 1 atom stereocenters. The van der Waals surface area contributed by atoms with E-state index in [4.69, 9.17) is 4.74 Å². The Hall–Kier alpha value is -3.26. The summed E-state index contributed by atoms with van der Waals surface area (Å²) in [6, 6.07) is 2.02. The summed E-state index contributed by atoms with van der Waals surface area (Å²) in [5.74, 6) is -3.20. The molecule has 1 unspecified atom stereocenters. The molecular weight excluding hydrogens is 570 g/mol. The number of rotatable bonds is 9. The van der Waals surface area contributed by atoms with Gasteiger partial charge in [0.25, 0.3) is 6.43 Å². The fraction of sp³-hybridized carbons (Fsp3) is 0.519. The quantitative estimate of drug-likeness (QED) is 0.288. The van der Waals surface area contributed by atoms with E-state index in [1.54, 1.807) is 6.92 Å². The number of aromatic nitrogens is 3. The molecule has 41 heavy (non-hydrogen) atoms. The molecule has 1 saturated heterocycles. The van der Waals surface area contributed by atoms with Crippen molar-refractivity contribution in [2.45, 2.75) is 65.0 Å². The first-order valence-corrected chi connectivity index (χ1v) is 14.7. The van der Waals surface area contributed by atoms with E-state index in [1.165, 1.54) is 20.8 Å². The molecule has 2 aromatic heterocycles. The van der Waals surface area contributed by atoms with Gasteiger partial charge in [0.15, 0.2) is 18.2 Å². The van der Waals surface area contributed by atoms with Crippen LogP contribution in [0.2, 0.25) is 0 Å². The highest BCUT2D eigenvalue weighted by Gasteiger charge is 2.36. The SMILES string of the molecule is CC(n1c(=O)n(-c2cc(OCC(F)F)ncc2F)c2cc(F)c(C(=O)CC3(C)CCS(=O)(=O)CC3)cc21)C(C)(C)O. The molecule has 4 rings (SSSR count). The molecule has 1 aromatic carbocycles. The summed E-state index contributed by atoms with van der Waals surface area (Å²) in [6.07, 6.45) is -1.84. The van der Waals surface area contributed by atoms with Gasteiger partial charge in [-0.3, -0.25) is 13.9 Å². The van der Waals surface area contributed by atoms with Crippen molar-refractivity contribution in [2.75, 3.05) is 18.1 Å². The van der Waals surface area contributed by atoms with Crippen LogP contribution in [-0.2, 0) is 9.84 Å². The number of Topliss-reactive ketones (excluding diaryl/α,β-unsaturated/α-hetero) is 1. The number of pyridine rings is 1. The molecule has 1 fully saturated rings. The molecular formula is C27H31F4N3O6S. The molecule has 3 heterocycles. The lowest BCUT2D eigenvalue weighted by Gasteiger charge is -2.32. The molecule has 0 saturated carbocycles. The second-order valence-corrected chi connectivity index (χ2v) is 13.7. The van der Waals surface area contributed by atoms with E-state index in [1.807, 2.05) is 0 Å². The number of benzene rings is 1. The smallest absolute Gasteiger partial charge is 0.334 e. The molecule has 1 aliphatic rings. The third-order valence-electron chi connectivity index (χ3n) is 7.70. The number of aliphatic hydroxyl groups is 1. The normalized spacial score (nSPS) is 17.6. The Kier molecular flexibility index (Phi) is 8.13. The number of ketones is 1. The van der Waals surface area contributed by atoms with Gasteiger partial charge in [-0.05, 0) is 45.1 Å². The topological polar surface area (TPSA) is 120 Å². The zero-order chi connectivity index (χ0) is 30.5. The minimum absolute atomic E-state index is 0.0111. The van der Waals surface area contributed by atoms with E-state index >= 15 is 4.39 Å². The summed E-state index contributed by atoms with van der Waals surface area (Å²) in [7, 11) is -3.19. The number of alkyl halides is 2. The highest BCUT2D eigenvalue weighted by Crippen LogP contribution is 2.37. The Morgan fingerprint density at radius 2 is 1.78 bits per heavy atom. The Labute approximate surface area is 233 Å². The van der Waals surface area contributed by atoms with Gasteiger partial charge in [0.05, 0.1) is 51.6 Å². The third kappa shape index (κ3) is 6.32. The fourth-order valence-corrected chi connectivity index (χ4v) is 6.68. The minimum Gasteiger partial charge on any atom is -0.472 e. The molecule has 0 amide bonds. The molecule has 224 valence electrons. The highest BCUT2D eigenvalue weighted by atomic mass is 32.2. The van der Waals surface area contributed by atoms with Crippen LogP contribution in [0.15, 0.2) is 29.2 Å². The van der Waals surface area contributed by atoms with Gasteiger partial charge >= 0.3 is 5.69 Å². The van der Waals surface area contributed by atoms with Crippen molar-refractivity contribution in [2.24, 2.45) is 5.41 Å². The van der Waals surface area contributed by atoms with E-state index in [-0.39, 0.29) is 47.4 Å². The van der Waals surface area contributed by atoms with E-state index in [0.29, 0.717) is 6.20 Å². The van der Waals surface area contributed by atoms with E-state index < -0.39 is 74.6 Å². The van der Waals surface area contributed by atoms with Crippen LogP contribution in [0, 0.1) is 17.0 Å². The van der Waals surface area contributed by atoms with Gasteiger partial charge in [-0.1, -0.05) is 6.92 Å². The zero-order valence-electron chi connectivity index (χ0n) is 23.0. The lowest BCUT2D eigenvalue weighted by Crippen LogP contribution is -2.37. The molecule has 0 aliphatic carbocycles. The lowest BCUT2D eigenvalue weighted by molar-refractivity contribution is 0.0307. The summed E-state index contributed by atoms with van der Waals surface area (Å²) < 4.78 is 86.3. The van der Waals surface area contributed by atoms with Crippen LogP contribution in [0.3, 0.4) is 0 Å². The summed E-state index contributed by atoms with van der Waals surface area (Å²) in [5, 5.41) is 10.7. The minimum atomic E-state index is -3.19. The number of sulfone groups is 1. The average molecular weight is 602 g/mol. The second kappa shape index (κ2) is 10.9. The van der Waals surface area contributed by atoms with Crippen LogP contribution < -0.4 is 10.4 Å². The number of carbonyl (C=O) groups is 1. The van der Waals surface area contributed by atoms with Crippen molar-refractivity contribution in [3.8, 4) is 11.6 Å². The first-order chi connectivity index (χ1) is 18.9. The maximum atomic E-state index is 15.5. The fourth-order valence-electron chi connectivity index (χ4n) is 4.87. The van der Waals surface area contributed by atoms with E-state index in [0.717, 1.165) is 27.3 Å². The lowest BCUT2D eigenvalue weighted by atomic mass is 9.78. The number of hydrogen-bond acceptors (Lipinski definition) is 7. The van der Waals surface area contributed by atoms with Crippen LogP contribution in [0.4, 0.5) is 17.6 Å².